The van der Waals surface area contributed by atoms with Gasteiger partial charge in [0.25, 0.3) is 0 Å². The third kappa shape index (κ3) is 4.95. The first-order valence-corrected chi connectivity index (χ1v) is 7.62. The van der Waals surface area contributed by atoms with Crippen LogP contribution in [-0.2, 0) is 11.2 Å². The third-order valence-corrected chi connectivity index (χ3v) is 4.80. The van der Waals surface area contributed by atoms with E-state index in [1.807, 2.05) is 23.4 Å². The number of hydrogen-bond donors (Lipinski definition) is 1. The van der Waals surface area contributed by atoms with Crippen LogP contribution in [0.3, 0.4) is 0 Å². The van der Waals surface area contributed by atoms with E-state index in [-0.39, 0.29) is 18.3 Å². The number of nitrogens with one attached hydrogen (secondary N) is 1. The quantitative estimate of drug-likeness (QED) is 0.924. The van der Waals surface area contributed by atoms with Crippen molar-refractivity contribution in [2.24, 2.45) is 0 Å². The minimum atomic E-state index is 0. The summed E-state index contributed by atoms with van der Waals surface area (Å²) in [4.78, 5) is 15.2. The molecule has 1 saturated heterocycles. The molecular formula is C13H20Cl2N2OS. The van der Waals surface area contributed by atoms with E-state index in [1.165, 1.54) is 4.88 Å². The second-order valence-corrected chi connectivity index (χ2v) is 6.15. The number of aryl methyl sites for hydroxylation is 1. The highest BCUT2D eigenvalue weighted by Gasteiger charge is 2.21. The second kappa shape index (κ2) is 8.10. The highest BCUT2D eigenvalue weighted by molar-refractivity contribution is 7.10. The minimum absolute atomic E-state index is 0. The van der Waals surface area contributed by atoms with E-state index in [0.717, 1.165) is 37.4 Å². The summed E-state index contributed by atoms with van der Waals surface area (Å²) < 4.78 is 0. The Kier molecular flexibility index (Phi) is 7.15. The number of piperidine rings is 1. The van der Waals surface area contributed by atoms with Crippen LogP contribution in [0.4, 0.5) is 0 Å². The number of rotatable bonds is 4. The molecule has 0 bridgehead atoms. The Morgan fingerprint density at radius 2 is 2.21 bits per heavy atom. The zero-order valence-corrected chi connectivity index (χ0v) is 13.4. The first kappa shape index (κ1) is 16.8. The van der Waals surface area contributed by atoms with Crippen molar-refractivity contribution in [3.63, 3.8) is 0 Å². The van der Waals surface area contributed by atoms with Gasteiger partial charge in [0, 0.05) is 29.8 Å². The van der Waals surface area contributed by atoms with Crippen molar-refractivity contribution in [3.05, 3.63) is 21.3 Å². The summed E-state index contributed by atoms with van der Waals surface area (Å²) in [5.41, 5.74) is 0. The number of carbonyl (C=O) groups is 1. The molecule has 19 heavy (non-hydrogen) atoms. The molecule has 108 valence electrons. The van der Waals surface area contributed by atoms with E-state index < -0.39 is 0 Å². The Labute approximate surface area is 129 Å². The molecule has 1 fully saturated rings. The van der Waals surface area contributed by atoms with Crippen molar-refractivity contribution in [2.75, 3.05) is 20.1 Å². The number of carbonyl (C=O) groups excluding carboxylic acids is 1. The van der Waals surface area contributed by atoms with E-state index in [2.05, 4.69) is 5.32 Å². The number of amides is 1. The predicted molar refractivity (Wildman–Crippen MR) is 83.6 cm³/mol. The fourth-order valence-electron chi connectivity index (χ4n) is 2.29. The Morgan fingerprint density at radius 3 is 2.79 bits per heavy atom. The molecule has 2 heterocycles. The van der Waals surface area contributed by atoms with Crippen molar-refractivity contribution in [3.8, 4) is 0 Å². The van der Waals surface area contributed by atoms with Crippen LogP contribution in [0.25, 0.3) is 0 Å². The first-order chi connectivity index (χ1) is 8.66. The number of nitrogens with zero attached hydrogens (tertiary/aromatic N) is 1. The first-order valence-electron chi connectivity index (χ1n) is 6.36. The molecule has 0 spiro atoms. The van der Waals surface area contributed by atoms with Gasteiger partial charge in [-0.2, -0.15) is 0 Å². The van der Waals surface area contributed by atoms with Crippen LogP contribution < -0.4 is 5.32 Å². The zero-order valence-electron chi connectivity index (χ0n) is 11.0. The highest BCUT2D eigenvalue weighted by atomic mass is 35.5. The van der Waals surface area contributed by atoms with E-state index in [1.54, 1.807) is 11.3 Å². The van der Waals surface area contributed by atoms with Gasteiger partial charge in [0.1, 0.15) is 0 Å². The van der Waals surface area contributed by atoms with Crippen LogP contribution in [0.1, 0.15) is 24.1 Å². The lowest BCUT2D eigenvalue weighted by atomic mass is 10.0. The number of hydrogen-bond acceptors (Lipinski definition) is 3. The van der Waals surface area contributed by atoms with Crippen molar-refractivity contribution in [1.82, 2.24) is 10.2 Å². The molecule has 1 aliphatic rings. The molecule has 0 radical (unpaired) electrons. The molecular weight excluding hydrogens is 303 g/mol. The van der Waals surface area contributed by atoms with E-state index >= 15 is 0 Å². The van der Waals surface area contributed by atoms with Gasteiger partial charge in [-0.3, -0.25) is 4.79 Å². The molecule has 1 aromatic heterocycles. The van der Waals surface area contributed by atoms with Gasteiger partial charge in [-0.1, -0.05) is 11.6 Å². The van der Waals surface area contributed by atoms with Gasteiger partial charge in [0.2, 0.25) is 5.91 Å². The van der Waals surface area contributed by atoms with Crippen LogP contribution in [-0.4, -0.2) is 37.0 Å². The molecule has 1 aromatic rings. The normalized spacial score (nSPS) is 15.9. The molecule has 0 aliphatic carbocycles. The van der Waals surface area contributed by atoms with Crippen LogP contribution >= 0.6 is 35.3 Å². The average Bonchev–Trinajstić information content (AvgIpc) is 2.82. The lowest BCUT2D eigenvalue weighted by molar-refractivity contribution is -0.132. The predicted octanol–water partition coefficient (Wildman–Crippen LogP) is 2.97. The summed E-state index contributed by atoms with van der Waals surface area (Å²) >= 11 is 7.49. The van der Waals surface area contributed by atoms with Gasteiger partial charge >= 0.3 is 0 Å². The molecule has 6 heteroatoms. The fraction of sp³-hybridized carbons (Fsp3) is 0.615. The smallest absolute Gasteiger partial charge is 0.222 e. The van der Waals surface area contributed by atoms with Crippen LogP contribution in [0, 0.1) is 0 Å². The Bertz CT molecular complexity index is 405. The largest absolute Gasteiger partial charge is 0.343 e. The van der Waals surface area contributed by atoms with Crippen LogP contribution in [0.2, 0.25) is 5.02 Å². The summed E-state index contributed by atoms with van der Waals surface area (Å²) in [5, 5.41) is 6.01. The zero-order chi connectivity index (χ0) is 13.0. The second-order valence-electron chi connectivity index (χ2n) is 4.72. The van der Waals surface area contributed by atoms with Crippen molar-refractivity contribution >= 4 is 41.3 Å². The molecule has 1 amide bonds. The summed E-state index contributed by atoms with van der Waals surface area (Å²) in [6.45, 7) is 2.03. The summed E-state index contributed by atoms with van der Waals surface area (Å²) in [5.74, 6) is 0.242. The Balaban J connectivity index is 0.00000180. The Hall–Kier alpha value is -0.290. The van der Waals surface area contributed by atoms with Gasteiger partial charge in [0.05, 0.1) is 5.02 Å². The minimum Gasteiger partial charge on any atom is -0.343 e. The van der Waals surface area contributed by atoms with Gasteiger partial charge in [0.15, 0.2) is 0 Å². The van der Waals surface area contributed by atoms with Crippen LogP contribution in [0.5, 0.6) is 0 Å². The molecule has 1 aliphatic heterocycles. The molecule has 1 N–H and O–H groups in total. The molecule has 0 aromatic carbocycles. The van der Waals surface area contributed by atoms with Crippen LogP contribution in [0.15, 0.2) is 11.4 Å². The number of thiophene rings is 1. The lowest BCUT2D eigenvalue weighted by Crippen LogP contribution is -2.44. The van der Waals surface area contributed by atoms with Gasteiger partial charge < -0.3 is 10.2 Å². The SMILES string of the molecule is CN(C(=O)CCc1cc(Cl)cs1)C1CCNCC1.Cl. The summed E-state index contributed by atoms with van der Waals surface area (Å²) in [7, 11) is 1.93. The average molecular weight is 323 g/mol. The highest BCUT2D eigenvalue weighted by Crippen LogP contribution is 2.21. The maximum Gasteiger partial charge on any atom is 0.222 e. The molecule has 3 nitrogen and oxygen atoms in total. The Morgan fingerprint density at radius 1 is 1.53 bits per heavy atom. The van der Waals surface area contributed by atoms with E-state index in [9.17, 15) is 4.79 Å². The molecule has 0 unspecified atom stereocenters. The topological polar surface area (TPSA) is 32.3 Å². The van der Waals surface area contributed by atoms with E-state index in [0.29, 0.717) is 12.5 Å². The fourth-order valence-corrected chi connectivity index (χ4v) is 3.37. The van der Waals surface area contributed by atoms with Gasteiger partial charge in [-0.15, -0.1) is 23.7 Å². The van der Waals surface area contributed by atoms with Gasteiger partial charge in [-0.05, 0) is 38.4 Å². The molecule has 0 atom stereocenters. The van der Waals surface area contributed by atoms with Gasteiger partial charge in [-0.25, -0.2) is 0 Å². The van der Waals surface area contributed by atoms with Crippen molar-refractivity contribution in [2.45, 2.75) is 31.7 Å². The molecule has 2 rings (SSSR count). The molecule has 0 saturated carbocycles. The number of halogens is 2. The van der Waals surface area contributed by atoms with Crippen molar-refractivity contribution < 1.29 is 4.79 Å². The standard InChI is InChI=1S/C13H19ClN2OS.ClH/c1-16(11-4-6-15-7-5-11)13(17)3-2-12-8-10(14)9-18-12;/h8-9,11,15H,2-7H2,1H3;1H. The lowest BCUT2D eigenvalue weighted by Gasteiger charge is -2.31. The maximum absolute atomic E-state index is 12.1. The summed E-state index contributed by atoms with van der Waals surface area (Å²) in [6, 6.07) is 2.36. The summed E-state index contributed by atoms with van der Waals surface area (Å²) in [6.07, 6.45) is 3.50. The van der Waals surface area contributed by atoms with Crippen molar-refractivity contribution in [1.29, 1.82) is 0 Å². The third-order valence-electron chi connectivity index (χ3n) is 3.46. The monoisotopic (exact) mass is 322 g/mol. The maximum atomic E-state index is 12.1. The van der Waals surface area contributed by atoms with E-state index in [4.69, 9.17) is 11.6 Å².